The quantitative estimate of drug-likeness (QED) is 0.902. The average Bonchev–Trinajstić information content (AvgIpc) is 2.31. The number of aliphatic hydroxyl groups is 1. The van der Waals surface area contributed by atoms with Crippen molar-refractivity contribution in [2.45, 2.75) is 13.0 Å². The zero-order valence-corrected chi connectivity index (χ0v) is 12.4. The van der Waals surface area contributed by atoms with Crippen molar-refractivity contribution in [2.75, 3.05) is 27.3 Å². The number of rotatable bonds is 5. The van der Waals surface area contributed by atoms with Crippen molar-refractivity contribution in [2.24, 2.45) is 0 Å². The minimum absolute atomic E-state index is 0.124. The first-order valence-corrected chi connectivity index (χ1v) is 6.43. The minimum atomic E-state index is -0.674. The summed E-state index contributed by atoms with van der Waals surface area (Å²) < 4.78 is 5.59. The van der Waals surface area contributed by atoms with Gasteiger partial charge in [-0.05, 0) is 35.0 Å². The first-order chi connectivity index (χ1) is 8.45. The number of aryl methyl sites for hydroxylation is 1. The number of hydrogen-bond donors (Lipinski definition) is 1. The fraction of sp³-hybridized carbons (Fsp3) is 0.462. The topological polar surface area (TPSA) is 49.8 Å². The van der Waals surface area contributed by atoms with Crippen LogP contribution in [-0.4, -0.2) is 49.3 Å². The fourth-order valence-corrected chi connectivity index (χ4v) is 2.07. The van der Waals surface area contributed by atoms with Gasteiger partial charge in [-0.25, -0.2) is 0 Å². The summed E-state index contributed by atoms with van der Waals surface area (Å²) in [5, 5.41) is 9.61. The van der Waals surface area contributed by atoms with Gasteiger partial charge in [-0.3, -0.25) is 4.79 Å². The van der Waals surface area contributed by atoms with Crippen LogP contribution >= 0.6 is 15.9 Å². The average molecular weight is 316 g/mol. The van der Waals surface area contributed by atoms with Gasteiger partial charge in [0.05, 0.1) is 18.3 Å². The van der Waals surface area contributed by atoms with E-state index in [4.69, 9.17) is 4.74 Å². The Morgan fingerprint density at radius 3 is 2.83 bits per heavy atom. The molecule has 1 rings (SSSR count). The lowest BCUT2D eigenvalue weighted by Crippen LogP contribution is -2.36. The molecule has 0 saturated carbocycles. The highest BCUT2D eigenvalue weighted by Crippen LogP contribution is 2.19. The van der Waals surface area contributed by atoms with Crippen LogP contribution in [0.5, 0.6) is 0 Å². The van der Waals surface area contributed by atoms with Crippen molar-refractivity contribution >= 4 is 21.8 Å². The van der Waals surface area contributed by atoms with Crippen molar-refractivity contribution in [3.8, 4) is 0 Å². The number of carbonyl (C=O) groups excluding carboxylic acids is 1. The van der Waals surface area contributed by atoms with Crippen LogP contribution in [0.2, 0.25) is 0 Å². The number of amides is 1. The number of nitrogens with zero attached hydrogens (tertiary/aromatic N) is 1. The second-order valence-electron chi connectivity index (χ2n) is 4.28. The van der Waals surface area contributed by atoms with E-state index in [1.54, 1.807) is 7.05 Å². The third kappa shape index (κ3) is 4.08. The number of hydrogen-bond acceptors (Lipinski definition) is 3. The summed E-state index contributed by atoms with van der Waals surface area (Å²) in [6, 6.07) is 5.61. The molecule has 18 heavy (non-hydrogen) atoms. The minimum Gasteiger partial charge on any atom is -0.389 e. The molecule has 100 valence electrons. The van der Waals surface area contributed by atoms with Crippen molar-refractivity contribution < 1.29 is 14.6 Å². The second-order valence-corrected chi connectivity index (χ2v) is 5.13. The van der Waals surface area contributed by atoms with Crippen LogP contribution in [0.15, 0.2) is 22.7 Å². The van der Waals surface area contributed by atoms with E-state index in [2.05, 4.69) is 15.9 Å². The highest BCUT2D eigenvalue weighted by molar-refractivity contribution is 9.10. The molecule has 1 amide bonds. The van der Waals surface area contributed by atoms with Gasteiger partial charge >= 0.3 is 0 Å². The number of benzene rings is 1. The highest BCUT2D eigenvalue weighted by Gasteiger charge is 2.17. The smallest absolute Gasteiger partial charge is 0.254 e. The molecule has 1 atom stereocenters. The lowest BCUT2D eigenvalue weighted by Gasteiger charge is -2.21. The van der Waals surface area contributed by atoms with E-state index in [0.29, 0.717) is 5.56 Å². The third-order valence-corrected chi connectivity index (χ3v) is 3.23. The van der Waals surface area contributed by atoms with Gasteiger partial charge in [0.25, 0.3) is 5.91 Å². The standard InChI is InChI=1S/C13H18BrNO3/c1-9-4-5-12(14)11(6-9)13(17)15(2)7-10(16)8-18-3/h4-6,10,16H,7-8H2,1-3H3. The van der Waals surface area contributed by atoms with Gasteiger partial charge in [-0.15, -0.1) is 0 Å². The van der Waals surface area contributed by atoms with Gasteiger partial charge in [0.15, 0.2) is 0 Å². The lowest BCUT2D eigenvalue weighted by atomic mass is 10.1. The molecule has 0 heterocycles. The Labute approximate surface area is 116 Å². The normalized spacial score (nSPS) is 12.3. The van der Waals surface area contributed by atoms with Gasteiger partial charge in [0.2, 0.25) is 0 Å². The van der Waals surface area contributed by atoms with Crippen molar-refractivity contribution in [3.05, 3.63) is 33.8 Å². The second kappa shape index (κ2) is 6.87. The molecule has 0 bridgehead atoms. The Morgan fingerprint density at radius 1 is 1.56 bits per heavy atom. The molecule has 0 aliphatic rings. The zero-order chi connectivity index (χ0) is 13.7. The summed E-state index contributed by atoms with van der Waals surface area (Å²) in [5.41, 5.74) is 1.62. The molecular weight excluding hydrogens is 298 g/mol. The molecule has 0 fully saturated rings. The number of aliphatic hydroxyl groups excluding tert-OH is 1. The summed E-state index contributed by atoms with van der Waals surface area (Å²) in [7, 11) is 3.18. The largest absolute Gasteiger partial charge is 0.389 e. The summed E-state index contributed by atoms with van der Waals surface area (Å²) in [6.45, 7) is 2.39. The molecule has 0 aromatic heterocycles. The SMILES string of the molecule is COCC(O)CN(C)C(=O)c1cc(C)ccc1Br. The van der Waals surface area contributed by atoms with Crippen LogP contribution in [-0.2, 0) is 4.74 Å². The van der Waals surface area contributed by atoms with Crippen molar-refractivity contribution in [1.82, 2.24) is 4.90 Å². The van der Waals surface area contributed by atoms with Crippen molar-refractivity contribution in [3.63, 3.8) is 0 Å². The monoisotopic (exact) mass is 315 g/mol. The molecule has 1 N–H and O–H groups in total. The van der Waals surface area contributed by atoms with E-state index in [0.717, 1.165) is 10.0 Å². The van der Waals surface area contributed by atoms with E-state index >= 15 is 0 Å². The Balaban J connectivity index is 2.77. The first-order valence-electron chi connectivity index (χ1n) is 5.64. The maximum absolute atomic E-state index is 12.2. The highest BCUT2D eigenvalue weighted by atomic mass is 79.9. The van der Waals surface area contributed by atoms with Crippen LogP contribution in [0, 0.1) is 6.92 Å². The van der Waals surface area contributed by atoms with E-state index in [1.165, 1.54) is 12.0 Å². The molecular formula is C13H18BrNO3. The van der Waals surface area contributed by atoms with Crippen LogP contribution in [0.4, 0.5) is 0 Å². The molecule has 0 saturated heterocycles. The lowest BCUT2D eigenvalue weighted by molar-refractivity contribution is 0.0380. The zero-order valence-electron chi connectivity index (χ0n) is 10.8. The number of ether oxygens (including phenoxy) is 1. The first kappa shape index (κ1) is 15.1. The van der Waals surface area contributed by atoms with E-state index < -0.39 is 6.10 Å². The predicted octanol–water partition coefficient (Wildman–Crippen LogP) is 1.84. The molecule has 0 radical (unpaired) electrons. The summed E-state index contributed by atoms with van der Waals surface area (Å²) in [6.07, 6.45) is -0.674. The number of halogens is 1. The van der Waals surface area contributed by atoms with E-state index in [9.17, 15) is 9.90 Å². The number of likely N-dealkylation sites (N-methyl/N-ethyl adjacent to an activating group) is 1. The third-order valence-electron chi connectivity index (χ3n) is 2.54. The molecule has 1 aromatic carbocycles. The Morgan fingerprint density at radius 2 is 2.22 bits per heavy atom. The van der Waals surface area contributed by atoms with E-state index in [-0.39, 0.29) is 19.1 Å². The Hall–Kier alpha value is -0.910. The van der Waals surface area contributed by atoms with Crippen LogP contribution in [0.25, 0.3) is 0 Å². The van der Waals surface area contributed by atoms with Gasteiger partial charge in [0, 0.05) is 25.2 Å². The molecule has 5 heteroatoms. The van der Waals surface area contributed by atoms with Gasteiger partial charge < -0.3 is 14.7 Å². The maximum atomic E-state index is 12.2. The number of carbonyl (C=O) groups is 1. The maximum Gasteiger partial charge on any atom is 0.254 e. The van der Waals surface area contributed by atoms with Gasteiger partial charge in [-0.1, -0.05) is 11.6 Å². The Kier molecular flexibility index (Phi) is 5.78. The van der Waals surface area contributed by atoms with Gasteiger partial charge in [-0.2, -0.15) is 0 Å². The number of methoxy groups -OCH3 is 1. The molecule has 0 aliphatic carbocycles. The summed E-state index contributed by atoms with van der Waals surface area (Å²) in [5.74, 6) is -0.124. The summed E-state index contributed by atoms with van der Waals surface area (Å²) >= 11 is 3.36. The Bertz CT molecular complexity index is 423. The molecule has 1 aromatic rings. The fourth-order valence-electron chi connectivity index (χ4n) is 1.65. The van der Waals surface area contributed by atoms with Crippen LogP contribution in [0.1, 0.15) is 15.9 Å². The molecule has 4 nitrogen and oxygen atoms in total. The summed E-state index contributed by atoms with van der Waals surface area (Å²) in [4.78, 5) is 13.7. The predicted molar refractivity (Wildman–Crippen MR) is 73.7 cm³/mol. The van der Waals surface area contributed by atoms with E-state index in [1.807, 2.05) is 25.1 Å². The van der Waals surface area contributed by atoms with Crippen LogP contribution in [0.3, 0.4) is 0 Å². The molecule has 1 unspecified atom stereocenters. The van der Waals surface area contributed by atoms with Gasteiger partial charge in [0.1, 0.15) is 0 Å². The van der Waals surface area contributed by atoms with Crippen LogP contribution < -0.4 is 0 Å². The molecule has 0 aliphatic heterocycles. The molecule has 0 spiro atoms. The van der Waals surface area contributed by atoms with Crippen molar-refractivity contribution in [1.29, 1.82) is 0 Å².